The molecule has 1 saturated heterocycles. The van der Waals surface area contributed by atoms with Gasteiger partial charge in [0.05, 0.1) is 6.42 Å². The van der Waals surface area contributed by atoms with E-state index in [4.69, 9.17) is 0 Å². The zero-order valence-electron chi connectivity index (χ0n) is 15.4. The number of hydrogen-bond donors (Lipinski definition) is 1. The number of carbonyl (C=O) groups excluding carboxylic acids is 2. The first-order valence-corrected chi connectivity index (χ1v) is 9.34. The summed E-state index contributed by atoms with van der Waals surface area (Å²) in [6.45, 7) is 0.629. The molecule has 1 atom stereocenters. The highest BCUT2D eigenvalue weighted by Gasteiger charge is 2.31. The Morgan fingerprint density at radius 3 is 2.50 bits per heavy atom. The number of nitrogens with zero attached hydrogens (tertiary/aromatic N) is 2. The normalized spacial score (nSPS) is 16.2. The fourth-order valence-electron chi connectivity index (χ4n) is 3.53. The maximum atomic E-state index is 12.6. The van der Waals surface area contributed by atoms with Crippen molar-refractivity contribution < 1.29 is 9.59 Å². The summed E-state index contributed by atoms with van der Waals surface area (Å²) in [6.07, 6.45) is 2.39. The van der Waals surface area contributed by atoms with Crippen LogP contribution in [0.4, 0.5) is 11.5 Å². The Labute approximate surface area is 164 Å². The third-order valence-corrected chi connectivity index (χ3v) is 4.93. The van der Waals surface area contributed by atoms with Crippen molar-refractivity contribution in [1.29, 1.82) is 0 Å². The van der Waals surface area contributed by atoms with Crippen molar-refractivity contribution in [1.82, 2.24) is 4.98 Å². The van der Waals surface area contributed by atoms with Crippen molar-refractivity contribution in [3.05, 3.63) is 90.1 Å². The van der Waals surface area contributed by atoms with Crippen LogP contribution < -0.4 is 10.2 Å². The molecule has 5 heteroatoms. The number of hydrogen-bond acceptors (Lipinski definition) is 3. The molecule has 1 aromatic heterocycles. The number of pyridine rings is 1. The zero-order chi connectivity index (χ0) is 19.3. The standard InChI is InChI=1S/C23H21N3O2/c27-22(13-17-7-3-1-4-8-17)25-21-15-20(11-12-24-21)26-16-19(14-23(26)28)18-9-5-2-6-10-18/h1-12,15,19H,13-14,16H2,(H,24,25,27)/t19-/m0/s1. The van der Waals surface area contributed by atoms with Gasteiger partial charge in [0.1, 0.15) is 5.82 Å². The van der Waals surface area contributed by atoms with Gasteiger partial charge in [0.25, 0.3) is 0 Å². The van der Waals surface area contributed by atoms with E-state index in [1.54, 1.807) is 23.2 Å². The van der Waals surface area contributed by atoms with E-state index in [1.165, 1.54) is 5.56 Å². The highest BCUT2D eigenvalue weighted by Crippen LogP contribution is 2.32. The molecule has 28 heavy (non-hydrogen) atoms. The largest absolute Gasteiger partial charge is 0.312 e. The molecule has 0 saturated carbocycles. The highest BCUT2D eigenvalue weighted by molar-refractivity contribution is 5.97. The molecule has 1 fully saturated rings. The van der Waals surface area contributed by atoms with E-state index in [2.05, 4.69) is 22.4 Å². The molecule has 1 aliphatic rings. The van der Waals surface area contributed by atoms with Gasteiger partial charge in [0.2, 0.25) is 11.8 Å². The lowest BCUT2D eigenvalue weighted by molar-refractivity contribution is -0.117. The maximum absolute atomic E-state index is 12.6. The van der Waals surface area contributed by atoms with Crippen LogP contribution in [0.25, 0.3) is 0 Å². The topological polar surface area (TPSA) is 62.3 Å². The Kier molecular flexibility index (Phi) is 5.15. The molecule has 1 aliphatic heterocycles. The van der Waals surface area contributed by atoms with E-state index in [1.807, 2.05) is 48.5 Å². The Morgan fingerprint density at radius 1 is 1.04 bits per heavy atom. The van der Waals surface area contributed by atoms with Crippen LogP contribution in [0.1, 0.15) is 23.5 Å². The third-order valence-electron chi connectivity index (χ3n) is 4.93. The zero-order valence-corrected chi connectivity index (χ0v) is 15.4. The summed E-state index contributed by atoms with van der Waals surface area (Å²) < 4.78 is 0. The lowest BCUT2D eigenvalue weighted by Crippen LogP contribution is -2.24. The molecule has 2 heterocycles. The quantitative estimate of drug-likeness (QED) is 0.742. The van der Waals surface area contributed by atoms with Gasteiger partial charge in [0, 0.05) is 36.8 Å². The van der Waals surface area contributed by atoms with Gasteiger partial charge in [-0.15, -0.1) is 0 Å². The van der Waals surface area contributed by atoms with Crippen molar-refractivity contribution >= 4 is 23.3 Å². The molecule has 4 rings (SSSR count). The van der Waals surface area contributed by atoms with Gasteiger partial charge in [-0.3, -0.25) is 9.59 Å². The van der Waals surface area contributed by atoms with E-state index < -0.39 is 0 Å². The van der Waals surface area contributed by atoms with Crippen LogP contribution in [-0.4, -0.2) is 23.3 Å². The van der Waals surface area contributed by atoms with Gasteiger partial charge in [-0.2, -0.15) is 0 Å². The van der Waals surface area contributed by atoms with Crippen LogP contribution in [0.3, 0.4) is 0 Å². The summed E-state index contributed by atoms with van der Waals surface area (Å²) in [7, 11) is 0. The first kappa shape index (κ1) is 17.9. The smallest absolute Gasteiger partial charge is 0.229 e. The number of anilines is 2. The van der Waals surface area contributed by atoms with Crippen molar-refractivity contribution in [2.45, 2.75) is 18.8 Å². The van der Waals surface area contributed by atoms with E-state index in [9.17, 15) is 9.59 Å². The number of benzene rings is 2. The molecule has 2 aromatic carbocycles. The van der Waals surface area contributed by atoms with Crippen molar-refractivity contribution in [2.24, 2.45) is 0 Å². The minimum absolute atomic E-state index is 0.0848. The van der Waals surface area contributed by atoms with Crippen LogP contribution in [0.5, 0.6) is 0 Å². The van der Waals surface area contributed by atoms with Crippen molar-refractivity contribution in [2.75, 3.05) is 16.8 Å². The second-order valence-electron chi connectivity index (χ2n) is 6.93. The average Bonchev–Trinajstić information content (AvgIpc) is 3.11. The monoisotopic (exact) mass is 371 g/mol. The second kappa shape index (κ2) is 8.05. The second-order valence-corrected chi connectivity index (χ2v) is 6.93. The minimum atomic E-state index is -0.134. The lowest BCUT2D eigenvalue weighted by atomic mass is 9.99. The van der Waals surface area contributed by atoms with Crippen molar-refractivity contribution in [3.63, 3.8) is 0 Å². The summed E-state index contributed by atoms with van der Waals surface area (Å²) in [5.41, 5.74) is 2.87. The molecule has 0 radical (unpaired) electrons. The third kappa shape index (κ3) is 4.09. The summed E-state index contributed by atoms with van der Waals surface area (Å²) >= 11 is 0. The first-order chi connectivity index (χ1) is 13.7. The van der Waals surface area contributed by atoms with Crippen molar-refractivity contribution in [3.8, 4) is 0 Å². The molecule has 0 unspecified atom stereocenters. The van der Waals surface area contributed by atoms with Crippen LogP contribution in [-0.2, 0) is 16.0 Å². The maximum Gasteiger partial charge on any atom is 0.229 e. The molecule has 0 aliphatic carbocycles. The predicted octanol–water partition coefficient (Wildman–Crippen LogP) is 3.78. The Morgan fingerprint density at radius 2 is 1.75 bits per heavy atom. The van der Waals surface area contributed by atoms with Gasteiger partial charge >= 0.3 is 0 Å². The van der Waals surface area contributed by atoms with E-state index in [0.29, 0.717) is 18.8 Å². The Balaban J connectivity index is 1.45. The minimum Gasteiger partial charge on any atom is -0.312 e. The van der Waals surface area contributed by atoms with E-state index >= 15 is 0 Å². The summed E-state index contributed by atoms with van der Waals surface area (Å²) in [5, 5.41) is 2.82. The van der Waals surface area contributed by atoms with Crippen LogP contribution in [0.15, 0.2) is 79.0 Å². The van der Waals surface area contributed by atoms with Gasteiger partial charge < -0.3 is 10.2 Å². The molecule has 5 nitrogen and oxygen atoms in total. The molecule has 0 spiro atoms. The molecule has 3 aromatic rings. The summed E-state index contributed by atoms with van der Waals surface area (Å²) in [6, 6.07) is 23.2. The van der Waals surface area contributed by atoms with Gasteiger partial charge in [-0.1, -0.05) is 60.7 Å². The van der Waals surface area contributed by atoms with Crippen LogP contribution in [0.2, 0.25) is 0 Å². The predicted molar refractivity (Wildman–Crippen MR) is 109 cm³/mol. The number of aromatic nitrogens is 1. The highest BCUT2D eigenvalue weighted by atomic mass is 16.2. The molecular weight excluding hydrogens is 350 g/mol. The Hall–Kier alpha value is -3.47. The lowest BCUT2D eigenvalue weighted by Gasteiger charge is -2.17. The number of carbonyl (C=O) groups is 2. The van der Waals surface area contributed by atoms with Gasteiger partial charge in [0.15, 0.2) is 0 Å². The fraction of sp³-hybridized carbons (Fsp3) is 0.174. The number of amides is 2. The summed E-state index contributed by atoms with van der Waals surface area (Å²) in [5.74, 6) is 0.583. The van der Waals surface area contributed by atoms with Crippen LogP contribution >= 0.6 is 0 Å². The Bertz CT molecular complexity index is 973. The molecule has 0 bridgehead atoms. The summed E-state index contributed by atoms with van der Waals surface area (Å²) in [4.78, 5) is 30.8. The molecule has 140 valence electrons. The van der Waals surface area contributed by atoms with Crippen LogP contribution in [0, 0.1) is 0 Å². The number of nitrogens with one attached hydrogen (secondary N) is 1. The first-order valence-electron chi connectivity index (χ1n) is 9.34. The fourth-order valence-corrected chi connectivity index (χ4v) is 3.53. The molecule has 2 amide bonds. The molecule has 1 N–H and O–H groups in total. The van der Waals surface area contributed by atoms with Gasteiger partial charge in [-0.05, 0) is 17.2 Å². The van der Waals surface area contributed by atoms with E-state index in [-0.39, 0.29) is 24.2 Å². The number of rotatable bonds is 5. The average molecular weight is 371 g/mol. The van der Waals surface area contributed by atoms with Gasteiger partial charge in [-0.25, -0.2) is 4.98 Å². The SMILES string of the molecule is O=C(Cc1ccccc1)Nc1cc(N2C[C@@H](c3ccccc3)CC2=O)ccn1. The van der Waals surface area contributed by atoms with E-state index in [0.717, 1.165) is 11.3 Å². The molecular formula is C23H21N3O2.